The highest BCUT2D eigenvalue weighted by atomic mass is 79.9. The fraction of sp³-hybridized carbons (Fsp3) is 0.182. The molecule has 0 radical (unpaired) electrons. The SMILES string of the molecule is Cc1c(C=N)oc2c(C(F)(F)F)cc(Br)cc12. The molecule has 0 aliphatic carbocycles. The van der Waals surface area contributed by atoms with Gasteiger partial charge in [-0.15, -0.1) is 0 Å². The van der Waals surface area contributed by atoms with Gasteiger partial charge < -0.3 is 9.83 Å². The lowest BCUT2D eigenvalue weighted by Crippen LogP contribution is -2.05. The Morgan fingerprint density at radius 3 is 2.53 bits per heavy atom. The lowest BCUT2D eigenvalue weighted by atomic mass is 10.1. The normalized spacial score (nSPS) is 12.1. The average molecular weight is 306 g/mol. The smallest absolute Gasteiger partial charge is 0.420 e. The highest BCUT2D eigenvalue weighted by Gasteiger charge is 2.35. The summed E-state index contributed by atoms with van der Waals surface area (Å²) in [5.41, 5.74) is -0.531. The summed E-state index contributed by atoms with van der Waals surface area (Å²) in [6.45, 7) is 1.62. The largest absolute Gasteiger partial charge is 0.454 e. The van der Waals surface area contributed by atoms with Crippen LogP contribution in [0.1, 0.15) is 16.9 Å². The van der Waals surface area contributed by atoms with E-state index in [1.165, 1.54) is 0 Å². The Hall–Kier alpha value is -1.30. The van der Waals surface area contributed by atoms with Gasteiger partial charge in [-0.3, -0.25) is 0 Å². The van der Waals surface area contributed by atoms with Crippen molar-refractivity contribution >= 4 is 33.1 Å². The standard InChI is InChI=1S/C11H7BrF3NO/c1-5-7-2-6(12)3-8(11(13,14)15)10(7)17-9(5)4-16/h2-4,16H,1H3. The molecule has 1 aromatic heterocycles. The monoisotopic (exact) mass is 305 g/mol. The number of halogens is 4. The first-order chi connectivity index (χ1) is 7.84. The maximum Gasteiger partial charge on any atom is 0.420 e. The van der Waals surface area contributed by atoms with Crippen molar-refractivity contribution in [3.05, 3.63) is 33.5 Å². The molecule has 0 saturated heterocycles. The molecule has 17 heavy (non-hydrogen) atoms. The van der Waals surface area contributed by atoms with E-state index < -0.39 is 11.7 Å². The van der Waals surface area contributed by atoms with Crippen molar-refractivity contribution in [2.45, 2.75) is 13.1 Å². The molecule has 0 bridgehead atoms. The Morgan fingerprint density at radius 2 is 2.00 bits per heavy atom. The fourth-order valence-corrected chi connectivity index (χ4v) is 2.11. The molecule has 0 amide bonds. The number of hydrogen-bond acceptors (Lipinski definition) is 2. The molecular formula is C11H7BrF3NO. The van der Waals surface area contributed by atoms with Gasteiger partial charge in [-0.05, 0) is 19.1 Å². The van der Waals surface area contributed by atoms with Gasteiger partial charge in [0.2, 0.25) is 0 Å². The molecule has 2 rings (SSSR count). The predicted molar refractivity (Wildman–Crippen MR) is 61.5 cm³/mol. The first-order valence-electron chi connectivity index (χ1n) is 4.65. The minimum atomic E-state index is -4.48. The molecule has 1 aromatic carbocycles. The molecule has 0 spiro atoms. The molecule has 2 nitrogen and oxygen atoms in total. The average Bonchev–Trinajstić information content (AvgIpc) is 2.54. The molecule has 90 valence electrons. The number of hydrogen-bond donors (Lipinski definition) is 1. The zero-order valence-corrected chi connectivity index (χ0v) is 10.2. The highest BCUT2D eigenvalue weighted by molar-refractivity contribution is 9.10. The zero-order chi connectivity index (χ0) is 12.8. The number of fused-ring (bicyclic) bond motifs is 1. The Morgan fingerprint density at radius 1 is 1.35 bits per heavy atom. The number of benzene rings is 1. The lowest BCUT2D eigenvalue weighted by Gasteiger charge is -2.07. The Labute approximate surface area is 103 Å². The summed E-state index contributed by atoms with van der Waals surface area (Å²) >= 11 is 3.04. The predicted octanol–water partition coefficient (Wildman–Crippen LogP) is 4.52. The van der Waals surface area contributed by atoms with Crippen LogP contribution in [-0.4, -0.2) is 6.21 Å². The minimum absolute atomic E-state index is 0.142. The third-order valence-corrected chi connectivity index (χ3v) is 2.93. The summed E-state index contributed by atoms with van der Waals surface area (Å²) in [4.78, 5) is 0. The highest BCUT2D eigenvalue weighted by Crippen LogP contribution is 2.39. The van der Waals surface area contributed by atoms with Crippen LogP contribution in [0.2, 0.25) is 0 Å². The molecule has 0 aliphatic rings. The molecule has 0 fully saturated rings. The Kier molecular flexibility index (Phi) is 2.77. The first kappa shape index (κ1) is 12.2. The molecule has 1 heterocycles. The molecule has 0 atom stereocenters. The van der Waals surface area contributed by atoms with E-state index in [4.69, 9.17) is 9.83 Å². The summed E-state index contributed by atoms with van der Waals surface area (Å²) in [6.07, 6.45) is -3.57. The number of aryl methyl sites for hydroxylation is 1. The van der Waals surface area contributed by atoms with E-state index in [0.29, 0.717) is 15.4 Å². The Bertz CT molecular complexity index is 601. The summed E-state index contributed by atoms with van der Waals surface area (Å²) < 4.78 is 43.8. The van der Waals surface area contributed by atoms with Gasteiger partial charge in [-0.25, -0.2) is 0 Å². The summed E-state index contributed by atoms with van der Waals surface area (Å²) in [7, 11) is 0. The maximum absolute atomic E-state index is 12.8. The Balaban J connectivity index is 2.90. The van der Waals surface area contributed by atoms with Gasteiger partial charge in [0.15, 0.2) is 0 Å². The van der Waals surface area contributed by atoms with Gasteiger partial charge in [0, 0.05) is 15.4 Å². The van der Waals surface area contributed by atoms with E-state index >= 15 is 0 Å². The van der Waals surface area contributed by atoms with Crippen LogP contribution >= 0.6 is 15.9 Å². The van der Waals surface area contributed by atoms with Crippen LogP contribution in [0.3, 0.4) is 0 Å². The van der Waals surface area contributed by atoms with Crippen molar-refractivity contribution in [2.75, 3.05) is 0 Å². The van der Waals surface area contributed by atoms with Crippen LogP contribution in [0.25, 0.3) is 11.0 Å². The van der Waals surface area contributed by atoms with Gasteiger partial charge in [0.05, 0.1) is 11.8 Å². The summed E-state index contributed by atoms with van der Waals surface area (Å²) in [6, 6.07) is 2.52. The van der Waals surface area contributed by atoms with Crippen molar-refractivity contribution in [3.8, 4) is 0 Å². The molecule has 2 aromatic rings. The van der Waals surface area contributed by atoms with Gasteiger partial charge in [0.1, 0.15) is 11.3 Å². The number of nitrogens with one attached hydrogen (secondary N) is 1. The van der Waals surface area contributed by atoms with Crippen molar-refractivity contribution in [2.24, 2.45) is 0 Å². The molecule has 0 unspecified atom stereocenters. The van der Waals surface area contributed by atoms with Crippen LogP contribution in [0.15, 0.2) is 21.0 Å². The van der Waals surface area contributed by atoms with E-state index in [9.17, 15) is 13.2 Å². The summed E-state index contributed by atoms with van der Waals surface area (Å²) in [5, 5.41) is 7.45. The van der Waals surface area contributed by atoms with Crippen LogP contribution in [0, 0.1) is 12.3 Å². The molecule has 1 N–H and O–H groups in total. The van der Waals surface area contributed by atoms with Crippen molar-refractivity contribution in [1.29, 1.82) is 5.41 Å². The van der Waals surface area contributed by atoms with E-state index in [1.54, 1.807) is 13.0 Å². The van der Waals surface area contributed by atoms with E-state index in [0.717, 1.165) is 12.3 Å². The van der Waals surface area contributed by atoms with Crippen molar-refractivity contribution in [3.63, 3.8) is 0 Å². The lowest BCUT2D eigenvalue weighted by molar-refractivity contribution is -0.136. The number of rotatable bonds is 1. The number of alkyl halides is 3. The van der Waals surface area contributed by atoms with Gasteiger partial charge >= 0.3 is 6.18 Å². The second-order valence-corrected chi connectivity index (χ2v) is 4.48. The van der Waals surface area contributed by atoms with Crippen molar-refractivity contribution in [1.82, 2.24) is 0 Å². The minimum Gasteiger partial charge on any atom is -0.454 e. The molecule has 0 saturated carbocycles. The number of furan rings is 1. The second-order valence-electron chi connectivity index (χ2n) is 3.56. The van der Waals surface area contributed by atoms with Gasteiger partial charge in [-0.2, -0.15) is 13.2 Å². The third kappa shape index (κ3) is 1.97. The van der Waals surface area contributed by atoms with Crippen LogP contribution < -0.4 is 0 Å². The van der Waals surface area contributed by atoms with E-state index in [1.807, 2.05) is 0 Å². The van der Waals surface area contributed by atoms with E-state index in [2.05, 4.69) is 15.9 Å². The van der Waals surface area contributed by atoms with E-state index in [-0.39, 0.29) is 11.3 Å². The van der Waals surface area contributed by atoms with Crippen molar-refractivity contribution < 1.29 is 17.6 Å². The zero-order valence-electron chi connectivity index (χ0n) is 8.65. The van der Waals surface area contributed by atoms with Gasteiger partial charge in [-0.1, -0.05) is 15.9 Å². The van der Waals surface area contributed by atoms with Crippen LogP contribution in [0.5, 0.6) is 0 Å². The summed E-state index contributed by atoms with van der Waals surface area (Å²) in [5.74, 6) is 0.142. The molecule has 6 heteroatoms. The van der Waals surface area contributed by atoms with Crippen LogP contribution in [-0.2, 0) is 6.18 Å². The topological polar surface area (TPSA) is 37.0 Å². The first-order valence-corrected chi connectivity index (χ1v) is 5.44. The third-order valence-electron chi connectivity index (χ3n) is 2.48. The van der Waals surface area contributed by atoms with Gasteiger partial charge in [0.25, 0.3) is 0 Å². The molecule has 0 aliphatic heterocycles. The second kappa shape index (κ2) is 3.87. The quantitative estimate of drug-likeness (QED) is 0.773. The fourth-order valence-electron chi connectivity index (χ4n) is 1.65. The maximum atomic E-state index is 12.8. The van der Waals surface area contributed by atoms with Crippen LogP contribution in [0.4, 0.5) is 13.2 Å². The molecular weight excluding hydrogens is 299 g/mol.